The predicted molar refractivity (Wildman–Crippen MR) is 61.0 cm³/mol. The number of aliphatic carboxylic acids is 1. The second-order valence-corrected chi connectivity index (χ2v) is 3.05. The summed E-state index contributed by atoms with van der Waals surface area (Å²) in [6, 6.07) is 6.25. The molecule has 0 saturated heterocycles. The first kappa shape index (κ1) is 14.6. The maximum atomic E-state index is 10.7. The van der Waals surface area contributed by atoms with E-state index in [1.807, 2.05) is 0 Å². The van der Waals surface area contributed by atoms with Crippen molar-refractivity contribution in [2.45, 2.75) is 13.8 Å². The van der Waals surface area contributed by atoms with Gasteiger partial charge in [-0.3, -0.25) is 9.59 Å². The van der Waals surface area contributed by atoms with Crippen LogP contribution in [0.1, 0.15) is 24.2 Å². The van der Waals surface area contributed by atoms with Crippen molar-refractivity contribution in [1.29, 1.82) is 0 Å². The van der Waals surface area contributed by atoms with Crippen molar-refractivity contribution < 1.29 is 24.6 Å². The van der Waals surface area contributed by atoms with Crippen LogP contribution in [0.4, 0.5) is 5.69 Å². The minimum absolute atomic E-state index is 0.0951. The van der Waals surface area contributed by atoms with Gasteiger partial charge in [0.15, 0.2) is 0 Å². The van der Waals surface area contributed by atoms with E-state index in [4.69, 9.17) is 15.0 Å². The number of carbonyl (C=O) groups is 3. The maximum absolute atomic E-state index is 10.7. The topological polar surface area (TPSA) is 104 Å². The fourth-order valence-corrected chi connectivity index (χ4v) is 0.968. The first-order valence-corrected chi connectivity index (χ1v) is 4.64. The number of anilines is 1. The molecule has 1 amide bonds. The van der Waals surface area contributed by atoms with Gasteiger partial charge in [-0.15, -0.1) is 0 Å². The highest BCUT2D eigenvalue weighted by molar-refractivity contribution is 5.99. The second-order valence-electron chi connectivity index (χ2n) is 3.05. The van der Waals surface area contributed by atoms with Crippen LogP contribution in [0.3, 0.4) is 0 Å². The number of nitrogens with one attached hydrogen (secondary N) is 1. The Bertz CT molecular complexity index is 424. The molecule has 0 fully saturated rings. The molecule has 92 valence electrons. The van der Waals surface area contributed by atoms with E-state index in [1.54, 1.807) is 18.2 Å². The fraction of sp³-hybridized carbons (Fsp3) is 0.182. The number of benzene rings is 1. The molecule has 1 aromatic rings. The molecular weight excluding hydrogens is 226 g/mol. The summed E-state index contributed by atoms with van der Waals surface area (Å²) >= 11 is 0. The highest BCUT2D eigenvalue weighted by Crippen LogP contribution is 2.14. The van der Waals surface area contributed by atoms with E-state index in [0.717, 1.165) is 6.92 Å². The van der Waals surface area contributed by atoms with Crippen LogP contribution in [0.15, 0.2) is 24.3 Å². The average molecular weight is 239 g/mol. The number of amides is 1. The van der Waals surface area contributed by atoms with E-state index < -0.39 is 11.9 Å². The standard InChI is InChI=1S/C9H9NO3.C2H4O2/c1-6(11)10-8-5-3-2-4-7(8)9(12)13;1-2(3)4/h2-5H,1H3,(H,10,11)(H,12,13);1H3,(H,3,4). The number of para-hydroxylation sites is 1. The van der Waals surface area contributed by atoms with Gasteiger partial charge in [0, 0.05) is 13.8 Å². The van der Waals surface area contributed by atoms with Gasteiger partial charge >= 0.3 is 5.97 Å². The molecule has 0 atom stereocenters. The smallest absolute Gasteiger partial charge is 0.337 e. The molecule has 0 aromatic heterocycles. The third kappa shape index (κ3) is 6.67. The normalized spacial score (nSPS) is 8.59. The number of carbonyl (C=O) groups excluding carboxylic acids is 1. The Morgan fingerprint density at radius 1 is 1.06 bits per heavy atom. The zero-order valence-corrected chi connectivity index (χ0v) is 9.43. The van der Waals surface area contributed by atoms with Gasteiger partial charge in [-0.2, -0.15) is 0 Å². The average Bonchev–Trinajstić information content (AvgIpc) is 2.16. The second kappa shape index (κ2) is 7.00. The third-order valence-electron chi connectivity index (χ3n) is 1.47. The summed E-state index contributed by atoms with van der Waals surface area (Å²) in [4.78, 5) is 30.3. The molecule has 0 aliphatic heterocycles. The molecule has 0 saturated carbocycles. The van der Waals surface area contributed by atoms with Crippen molar-refractivity contribution in [1.82, 2.24) is 0 Å². The van der Waals surface area contributed by atoms with Gasteiger partial charge in [0.25, 0.3) is 5.97 Å². The van der Waals surface area contributed by atoms with Crippen LogP contribution in [0.5, 0.6) is 0 Å². The lowest BCUT2D eigenvalue weighted by Gasteiger charge is -2.04. The molecular formula is C11H13NO5. The van der Waals surface area contributed by atoms with Crippen molar-refractivity contribution in [2.75, 3.05) is 5.32 Å². The summed E-state index contributed by atoms with van der Waals surface area (Å²) in [7, 11) is 0. The zero-order chi connectivity index (χ0) is 13.4. The molecule has 1 rings (SSSR count). The first-order chi connectivity index (χ1) is 7.84. The minimum atomic E-state index is -1.05. The summed E-state index contributed by atoms with van der Waals surface area (Å²) in [6.07, 6.45) is 0. The molecule has 0 aliphatic carbocycles. The lowest BCUT2D eigenvalue weighted by atomic mass is 10.2. The molecule has 0 spiro atoms. The largest absolute Gasteiger partial charge is 0.481 e. The van der Waals surface area contributed by atoms with E-state index in [0.29, 0.717) is 5.69 Å². The van der Waals surface area contributed by atoms with E-state index in [9.17, 15) is 9.59 Å². The van der Waals surface area contributed by atoms with Gasteiger partial charge in [-0.1, -0.05) is 12.1 Å². The Hall–Kier alpha value is -2.37. The summed E-state index contributed by atoms with van der Waals surface area (Å²) in [5, 5.41) is 18.6. The first-order valence-electron chi connectivity index (χ1n) is 4.64. The summed E-state index contributed by atoms with van der Waals surface area (Å²) in [5.74, 6) is -2.17. The number of hydrogen-bond donors (Lipinski definition) is 3. The number of hydrogen-bond acceptors (Lipinski definition) is 3. The van der Waals surface area contributed by atoms with Crippen molar-refractivity contribution in [3.63, 3.8) is 0 Å². The Morgan fingerprint density at radius 2 is 1.53 bits per heavy atom. The zero-order valence-electron chi connectivity index (χ0n) is 9.43. The van der Waals surface area contributed by atoms with Crippen LogP contribution in [-0.2, 0) is 9.59 Å². The molecule has 6 heteroatoms. The van der Waals surface area contributed by atoms with E-state index in [1.165, 1.54) is 13.0 Å². The molecule has 3 N–H and O–H groups in total. The predicted octanol–water partition coefficient (Wildman–Crippen LogP) is 1.43. The van der Waals surface area contributed by atoms with E-state index in [-0.39, 0.29) is 11.5 Å². The van der Waals surface area contributed by atoms with Gasteiger partial charge in [-0.25, -0.2) is 4.79 Å². The van der Waals surface area contributed by atoms with Crippen LogP contribution in [0.25, 0.3) is 0 Å². The van der Waals surface area contributed by atoms with E-state index in [2.05, 4.69) is 5.32 Å². The summed E-state index contributed by atoms with van der Waals surface area (Å²) in [6.45, 7) is 2.42. The lowest BCUT2D eigenvalue weighted by molar-refractivity contribution is -0.134. The molecule has 0 unspecified atom stereocenters. The molecule has 1 aromatic carbocycles. The molecule has 0 heterocycles. The number of carboxylic acids is 2. The highest BCUT2D eigenvalue weighted by Gasteiger charge is 2.08. The van der Waals surface area contributed by atoms with Crippen LogP contribution in [-0.4, -0.2) is 28.1 Å². The van der Waals surface area contributed by atoms with Crippen LogP contribution in [0, 0.1) is 0 Å². The summed E-state index contributed by atoms with van der Waals surface area (Å²) < 4.78 is 0. The Morgan fingerprint density at radius 3 is 1.94 bits per heavy atom. The monoisotopic (exact) mass is 239 g/mol. The molecule has 6 nitrogen and oxygen atoms in total. The SMILES string of the molecule is CC(=O)Nc1ccccc1C(=O)O.CC(=O)O. The molecule has 0 radical (unpaired) electrons. The number of rotatable bonds is 2. The minimum Gasteiger partial charge on any atom is -0.481 e. The van der Waals surface area contributed by atoms with Gasteiger partial charge in [0.1, 0.15) is 0 Å². The highest BCUT2D eigenvalue weighted by atomic mass is 16.4. The van der Waals surface area contributed by atoms with Gasteiger partial charge in [0.05, 0.1) is 11.3 Å². The van der Waals surface area contributed by atoms with Crippen LogP contribution >= 0.6 is 0 Å². The number of carboxylic acid groups (broad SMARTS) is 2. The van der Waals surface area contributed by atoms with Gasteiger partial charge < -0.3 is 15.5 Å². The molecule has 17 heavy (non-hydrogen) atoms. The van der Waals surface area contributed by atoms with Crippen molar-refractivity contribution in [3.05, 3.63) is 29.8 Å². The molecule has 0 aliphatic rings. The Balaban J connectivity index is 0.000000557. The number of aromatic carboxylic acids is 1. The lowest BCUT2D eigenvalue weighted by Crippen LogP contribution is -2.10. The Labute approximate surface area is 97.9 Å². The van der Waals surface area contributed by atoms with Crippen LogP contribution in [0.2, 0.25) is 0 Å². The van der Waals surface area contributed by atoms with Crippen molar-refractivity contribution in [3.8, 4) is 0 Å². The van der Waals surface area contributed by atoms with Crippen molar-refractivity contribution in [2.24, 2.45) is 0 Å². The quantitative estimate of drug-likeness (QED) is 0.724. The fourth-order valence-electron chi connectivity index (χ4n) is 0.968. The van der Waals surface area contributed by atoms with Crippen molar-refractivity contribution >= 4 is 23.5 Å². The Kier molecular flexibility index (Phi) is 6.02. The third-order valence-corrected chi connectivity index (χ3v) is 1.47. The summed E-state index contributed by atoms with van der Waals surface area (Å²) in [5.41, 5.74) is 0.417. The van der Waals surface area contributed by atoms with Crippen LogP contribution < -0.4 is 5.32 Å². The van der Waals surface area contributed by atoms with Gasteiger partial charge in [0.2, 0.25) is 5.91 Å². The maximum Gasteiger partial charge on any atom is 0.337 e. The molecule has 0 bridgehead atoms. The van der Waals surface area contributed by atoms with Gasteiger partial charge in [-0.05, 0) is 12.1 Å². The van der Waals surface area contributed by atoms with E-state index >= 15 is 0 Å².